The second-order valence-electron chi connectivity index (χ2n) is 6.87. The third-order valence-corrected chi connectivity index (χ3v) is 5.62. The van der Waals surface area contributed by atoms with Gasteiger partial charge in [-0.2, -0.15) is 0 Å². The van der Waals surface area contributed by atoms with E-state index >= 15 is 0 Å². The molecule has 3 rings (SSSR count). The monoisotopic (exact) mass is 562 g/mol. The number of methoxy groups -OCH3 is 2. The lowest BCUT2D eigenvalue weighted by atomic mass is 10.1. The van der Waals surface area contributed by atoms with Crippen molar-refractivity contribution in [2.75, 3.05) is 32.3 Å². The number of terminal acetylenes is 1. The molecule has 0 aromatic heterocycles. The number of hydrogen-bond donors (Lipinski definition) is 1. The van der Waals surface area contributed by atoms with Gasteiger partial charge in [0.25, 0.3) is 11.8 Å². The van der Waals surface area contributed by atoms with Crippen molar-refractivity contribution in [3.05, 3.63) is 44.9 Å². The quantitative estimate of drug-likeness (QED) is 0.292. The van der Waals surface area contributed by atoms with E-state index in [0.717, 1.165) is 4.90 Å². The number of halogens is 2. The van der Waals surface area contributed by atoms with Crippen LogP contribution in [0, 0.1) is 12.3 Å². The number of carbonyl (C=O) groups excluding carboxylic acids is 3. The highest BCUT2D eigenvalue weighted by molar-refractivity contribution is 9.10. The van der Waals surface area contributed by atoms with Crippen molar-refractivity contribution < 1.29 is 33.3 Å². The highest BCUT2D eigenvalue weighted by Gasteiger charge is 2.38. The van der Waals surface area contributed by atoms with Crippen molar-refractivity contribution in [2.45, 2.75) is 6.92 Å². The minimum absolute atomic E-state index is 0.0173. The van der Waals surface area contributed by atoms with Crippen molar-refractivity contribution in [1.29, 1.82) is 0 Å². The molecule has 35 heavy (non-hydrogen) atoms. The molecule has 1 saturated heterocycles. The Morgan fingerprint density at radius 1 is 1.09 bits per heavy atom. The van der Waals surface area contributed by atoms with Gasteiger partial charge >= 0.3 is 6.03 Å². The Balaban J connectivity index is 2.09. The Bertz CT molecular complexity index is 1270. The lowest BCUT2D eigenvalue weighted by Gasteiger charge is -2.28. The van der Waals surface area contributed by atoms with E-state index in [-0.39, 0.29) is 34.4 Å². The number of benzene rings is 2. The predicted octanol–water partition coefficient (Wildman–Crippen LogP) is 4.20. The molecule has 4 amide bonds. The number of amides is 4. The molecule has 1 aliphatic rings. The lowest BCUT2D eigenvalue weighted by molar-refractivity contribution is -0.122. The number of urea groups is 1. The second kappa shape index (κ2) is 11.2. The Morgan fingerprint density at radius 3 is 2.43 bits per heavy atom. The van der Waals surface area contributed by atoms with Gasteiger partial charge in [0.2, 0.25) is 0 Å². The molecule has 0 radical (unpaired) electrons. The summed E-state index contributed by atoms with van der Waals surface area (Å²) < 4.78 is 22.1. The third-order valence-electron chi connectivity index (χ3n) is 4.74. The molecule has 2 aromatic rings. The number of ether oxygens (including phenoxy) is 4. The van der Waals surface area contributed by atoms with Gasteiger partial charge in [0, 0.05) is 12.1 Å². The van der Waals surface area contributed by atoms with Gasteiger partial charge in [-0.1, -0.05) is 17.5 Å². The summed E-state index contributed by atoms with van der Waals surface area (Å²) in [6.07, 6.45) is 6.60. The molecule has 0 unspecified atom stereocenters. The molecular weight excluding hydrogens is 544 g/mol. The normalized spacial score (nSPS) is 14.5. The molecule has 1 fully saturated rings. The van der Waals surface area contributed by atoms with Crippen LogP contribution in [0.2, 0.25) is 5.02 Å². The van der Waals surface area contributed by atoms with Gasteiger partial charge in [0.15, 0.2) is 11.5 Å². The fourth-order valence-corrected chi connectivity index (χ4v) is 4.06. The highest BCUT2D eigenvalue weighted by atomic mass is 79.9. The van der Waals surface area contributed by atoms with Crippen molar-refractivity contribution in [3.8, 4) is 35.3 Å². The van der Waals surface area contributed by atoms with Crippen molar-refractivity contribution in [1.82, 2.24) is 5.32 Å². The highest BCUT2D eigenvalue weighted by Crippen LogP contribution is 2.40. The average molecular weight is 564 g/mol. The molecule has 1 N–H and O–H groups in total. The molecule has 0 saturated carbocycles. The summed E-state index contributed by atoms with van der Waals surface area (Å²) in [5.41, 5.74) is 0.179. The van der Waals surface area contributed by atoms with Crippen LogP contribution in [-0.4, -0.2) is 45.3 Å². The summed E-state index contributed by atoms with van der Waals surface area (Å²) >= 11 is 9.54. The Kier molecular flexibility index (Phi) is 8.27. The molecule has 0 atom stereocenters. The number of rotatable bonds is 8. The van der Waals surface area contributed by atoms with Gasteiger partial charge in [0.1, 0.15) is 23.7 Å². The van der Waals surface area contributed by atoms with Gasteiger partial charge in [-0.05, 0) is 46.6 Å². The van der Waals surface area contributed by atoms with Crippen LogP contribution in [0.5, 0.6) is 23.0 Å². The van der Waals surface area contributed by atoms with Crippen molar-refractivity contribution >= 4 is 57.1 Å². The fourth-order valence-electron chi connectivity index (χ4n) is 3.25. The van der Waals surface area contributed by atoms with E-state index in [1.165, 1.54) is 32.4 Å². The first kappa shape index (κ1) is 25.9. The van der Waals surface area contributed by atoms with Crippen LogP contribution >= 0.6 is 27.5 Å². The predicted molar refractivity (Wildman–Crippen MR) is 133 cm³/mol. The summed E-state index contributed by atoms with van der Waals surface area (Å²) in [5, 5.41) is 2.38. The van der Waals surface area contributed by atoms with Crippen LogP contribution < -0.4 is 29.2 Å². The maximum Gasteiger partial charge on any atom is 0.336 e. The van der Waals surface area contributed by atoms with E-state index in [2.05, 4.69) is 27.2 Å². The number of nitrogens with one attached hydrogen (secondary N) is 1. The first-order valence-electron chi connectivity index (χ1n) is 10.1. The standard InChI is InChI=1S/C24H20BrClN2O7/c1-5-7-35-21-15(25)9-13(10-20(21)34-6-2)8-14-22(29)27-24(31)28(23(14)30)17-12-18(32-3)16(26)11-19(17)33-4/h1,8-12H,6-7H2,2-4H3,(H,27,29,31)/b14-8+. The average Bonchev–Trinajstić information content (AvgIpc) is 2.82. The number of nitrogens with zero attached hydrogens (tertiary/aromatic N) is 1. The van der Waals surface area contributed by atoms with Crippen molar-refractivity contribution in [2.24, 2.45) is 0 Å². The zero-order valence-corrected chi connectivity index (χ0v) is 21.3. The molecule has 1 heterocycles. The molecule has 1 aliphatic heterocycles. The van der Waals surface area contributed by atoms with Crippen LogP contribution in [0.25, 0.3) is 6.08 Å². The van der Waals surface area contributed by atoms with E-state index in [0.29, 0.717) is 28.1 Å². The summed E-state index contributed by atoms with van der Waals surface area (Å²) in [4.78, 5) is 39.4. The number of imide groups is 2. The maximum absolute atomic E-state index is 13.4. The summed E-state index contributed by atoms with van der Waals surface area (Å²) in [7, 11) is 2.74. The zero-order chi connectivity index (χ0) is 25.7. The minimum atomic E-state index is -0.950. The largest absolute Gasteiger partial charge is 0.495 e. The molecule has 0 aliphatic carbocycles. The molecule has 11 heteroatoms. The lowest BCUT2D eigenvalue weighted by Crippen LogP contribution is -2.54. The number of carbonyl (C=O) groups is 3. The number of barbiturate groups is 1. The van der Waals surface area contributed by atoms with Crippen molar-refractivity contribution in [3.63, 3.8) is 0 Å². The fraction of sp³-hybridized carbons (Fsp3) is 0.208. The van der Waals surface area contributed by atoms with Gasteiger partial charge in [0.05, 0.1) is 36.0 Å². The summed E-state index contributed by atoms with van der Waals surface area (Å²) in [6.45, 7) is 2.14. The van der Waals surface area contributed by atoms with E-state index in [1.54, 1.807) is 19.1 Å². The number of anilines is 1. The van der Waals surface area contributed by atoms with Gasteiger partial charge in [-0.25, -0.2) is 9.69 Å². The molecule has 182 valence electrons. The van der Waals surface area contributed by atoms with E-state index in [9.17, 15) is 14.4 Å². The topological polar surface area (TPSA) is 103 Å². The van der Waals surface area contributed by atoms with Crippen LogP contribution in [0.4, 0.5) is 10.5 Å². The maximum atomic E-state index is 13.4. The Morgan fingerprint density at radius 2 is 1.80 bits per heavy atom. The molecule has 2 aromatic carbocycles. The first-order valence-corrected chi connectivity index (χ1v) is 11.3. The van der Waals surface area contributed by atoms with E-state index in [4.69, 9.17) is 37.0 Å². The summed E-state index contributed by atoms with van der Waals surface area (Å²) in [6, 6.07) is 5.02. The van der Waals surface area contributed by atoms with E-state index in [1.807, 2.05) is 0 Å². The second-order valence-corrected chi connectivity index (χ2v) is 8.13. The van der Waals surface area contributed by atoms with Gasteiger partial charge in [-0.15, -0.1) is 6.42 Å². The third kappa shape index (κ3) is 5.37. The molecule has 0 spiro atoms. The molecule has 9 nitrogen and oxygen atoms in total. The molecule has 0 bridgehead atoms. The van der Waals surface area contributed by atoms with Gasteiger partial charge < -0.3 is 18.9 Å². The van der Waals surface area contributed by atoms with Gasteiger partial charge in [-0.3, -0.25) is 14.9 Å². The molecular formula is C24H20BrClN2O7. The van der Waals surface area contributed by atoms with Crippen LogP contribution in [0.1, 0.15) is 12.5 Å². The van der Waals surface area contributed by atoms with Crippen LogP contribution in [0.3, 0.4) is 0 Å². The van der Waals surface area contributed by atoms with Crippen LogP contribution in [0.15, 0.2) is 34.3 Å². The minimum Gasteiger partial charge on any atom is -0.495 e. The Labute approximate surface area is 215 Å². The first-order chi connectivity index (χ1) is 16.7. The zero-order valence-electron chi connectivity index (χ0n) is 18.9. The van der Waals surface area contributed by atoms with Crippen LogP contribution in [-0.2, 0) is 9.59 Å². The number of hydrogen-bond acceptors (Lipinski definition) is 7. The summed E-state index contributed by atoms with van der Waals surface area (Å²) in [5.74, 6) is 1.71. The SMILES string of the molecule is C#CCOc1c(Br)cc(/C=C2\C(=O)NC(=O)N(c3cc(OC)c(Cl)cc3OC)C2=O)cc1OCC. The smallest absolute Gasteiger partial charge is 0.336 e. The Hall–Kier alpha value is -3.68. The van der Waals surface area contributed by atoms with E-state index < -0.39 is 17.8 Å².